The molecular weight excluding hydrogens is 247 g/mol. The summed E-state index contributed by atoms with van der Waals surface area (Å²) in [6, 6.07) is 6.21. The Labute approximate surface area is 108 Å². The van der Waals surface area contributed by atoms with Gasteiger partial charge in [0.2, 0.25) is 0 Å². The van der Waals surface area contributed by atoms with Crippen LogP contribution in [0, 0.1) is 17.1 Å². The maximum absolute atomic E-state index is 13.5. The van der Waals surface area contributed by atoms with Crippen LogP contribution in [0.25, 0.3) is 10.4 Å². The van der Waals surface area contributed by atoms with Gasteiger partial charge in [-0.2, -0.15) is 5.26 Å². The Morgan fingerprint density at radius 2 is 2.37 bits per heavy atom. The fourth-order valence-electron chi connectivity index (χ4n) is 1.67. The lowest BCUT2D eigenvalue weighted by atomic mass is 10.1. The summed E-state index contributed by atoms with van der Waals surface area (Å²) in [4.78, 5) is 6.64. The molecule has 1 heterocycles. The molecule has 0 fully saturated rings. The second-order valence-electron chi connectivity index (χ2n) is 3.83. The molecule has 94 valence electrons. The van der Waals surface area contributed by atoms with Gasteiger partial charge in [-0.1, -0.05) is 11.2 Å². The third-order valence-corrected chi connectivity index (χ3v) is 2.60. The molecule has 0 aliphatic heterocycles. The Kier molecular flexibility index (Phi) is 3.76. The van der Waals surface area contributed by atoms with Crippen LogP contribution in [-0.2, 0) is 13.1 Å². The van der Waals surface area contributed by atoms with Gasteiger partial charge < -0.3 is 4.57 Å². The monoisotopic (exact) mass is 256 g/mol. The van der Waals surface area contributed by atoms with Crippen molar-refractivity contribution in [2.75, 3.05) is 0 Å². The molecule has 2 aromatic rings. The van der Waals surface area contributed by atoms with Crippen LogP contribution >= 0.6 is 0 Å². The fraction of sp³-hybridized carbons (Fsp3) is 0.167. The lowest BCUT2D eigenvalue weighted by Gasteiger charge is -2.07. The third-order valence-electron chi connectivity index (χ3n) is 2.60. The molecule has 0 saturated heterocycles. The van der Waals surface area contributed by atoms with Crippen LogP contribution in [-0.4, -0.2) is 9.55 Å². The summed E-state index contributed by atoms with van der Waals surface area (Å²) in [5.41, 5.74) is 9.75. The molecular formula is C12H9FN6. The van der Waals surface area contributed by atoms with E-state index in [0.717, 1.165) is 5.69 Å². The zero-order valence-electron chi connectivity index (χ0n) is 9.86. The SMILES string of the molecule is N#Cc1ccc(Cn2cncc2CN=[N+]=[N-])cc1F. The molecule has 1 aromatic carbocycles. The van der Waals surface area contributed by atoms with Gasteiger partial charge in [-0.05, 0) is 23.2 Å². The van der Waals surface area contributed by atoms with E-state index in [1.807, 2.05) is 0 Å². The van der Waals surface area contributed by atoms with Gasteiger partial charge >= 0.3 is 0 Å². The molecule has 0 atom stereocenters. The third kappa shape index (κ3) is 2.89. The van der Waals surface area contributed by atoms with Gasteiger partial charge in [0.1, 0.15) is 11.9 Å². The van der Waals surface area contributed by atoms with Crippen LogP contribution in [0.2, 0.25) is 0 Å². The molecule has 2 rings (SSSR count). The summed E-state index contributed by atoms with van der Waals surface area (Å²) in [5.74, 6) is -0.545. The number of nitrogens with zero attached hydrogens (tertiary/aromatic N) is 6. The molecule has 0 aliphatic carbocycles. The highest BCUT2D eigenvalue weighted by Gasteiger charge is 2.05. The first kappa shape index (κ1) is 12.6. The van der Waals surface area contributed by atoms with Gasteiger partial charge in [0.15, 0.2) is 0 Å². The zero-order chi connectivity index (χ0) is 13.7. The number of hydrogen-bond acceptors (Lipinski definition) is 3. The first-order valence-electron chi connectivity index (χ1n) is 5.43. The number of halogens is 1. The van der Waals surface area contributed by atoms with E-state index in [4.69, 9.17) is 10.8 Å². The Morgan fingerprint density at radius 1 is 1.53 bits per heavy atom. The van der Waals surface area contributed by atoms with Crippen LogP contribution in [0.1, 0.15) is 16.8 Å². The fourth-order valence-corrected chi connectivity index (χ4v) is 1.67. The van der Waals surface area contributed by atoms with E-state index in [2.05, 4.69) is 15.0 Å². The van der Waals surface area contributed by atoms with Crippen LogP contribution in [0.4, 0.5) is 4.39 Å². The molecule has 0 N–H and O–H groups in total. The quantitative estimate of drug-likeness (QED) is 0.478. The Morgan fingerprint density at radius 3 is 3.05 bits per heavy atom. The molecule has 19 heavy (non-hydrogen) atoms. The van der Waals surface area contributed by atoms with Gasteiger partial charge in [-0.25, -0.2) is 9.37 Å². The molecule has 0 amide bonds. The van der Waals surface area contributed by atoms with Gasteiger partial charge in [0.25, 0.3) is 0 Å². The average Bonchev–Trinajstić information content (AvgIpc) is 2.84. The van der Waals surface area contributed by atoms with Crippen molar-refractivity contribution in [1.29, 1.82) is 5.26 Å². The smallest absolute Gasteiger partial charge is 0.141 e. The number of rotatable bonds is 4. The highest BCUT2D eigenvalue weighted by molar-refractivity contribution is 5.33. The Hall–Kier alpha value is -2.84. The normalized spacial score (nSPS) is 9.68. The standard InChI is InChI=1S/C12H9FN6/c13-12-3-9(1-2-10(12)4-14)7-19-8-16-5-11(19)6-17-18-15/h1-3,5,8H,6-7H2. The molecule has 1 aromatic heterocycles. The van der Waals surface area contributed by atoms with E-state index in [9.17, 15) is 4.39 Å². The second-order valence-corrected chi connectivity index (χ2v) is 3.83. The van der Waals surface area contributed by atoms with Gasteiger partial charge in [-0.15, -0.1) is 0 Å². The predicted molar refractivity (Wildman–Crippen MR) is 65.3 cm³/mol. The van der Waals surface area contributed by atoms with E-state index < -0.39 is 5.82 Å². The number of benzene rings is 1. The van der Waals surface area contributed by atoms with Gasteiger partial charge in [-0.3, -0.25) is 0 Å². The van der Waals surface area contributed by atoms with Crippen molar-refractivity contribution in [3.05, 3.63) is 63.8 Å². The molecule has 0 radical (unpaired) electrons. The minimum Gasteiger partial charge on any atom is -0.330 e. The summed E-state index contributed by atoms with van der Waals surface area (Å²) in [5, 5.41) is 12.1. The maximum atomic E-state index is 13.5. The number of aromatic nitrogens is 2. The molecule has 0 spiro atoms. The first-order chi connectivity index (χ1) is 9.24. The van der Waals surface area contributed by atoms with E-state index >= 15 is 0 Å². The van der Waals surface area contributed by atoms with Crippen LogP contribution < -0.4 is 0 Å². The van der Waals surface area contributed by atoms with E-state index in [1.54, 1.807) is 29.2 Å². The Balaban J connectivity index is 2.22. The van der Waals surface area contributed by atoms with Crippen molar-refractivity contribution >= 4 is 0 Å². The number of nitriles is 1. The Bertz CT molecular complexity index is 678. The summed E-state index contributed by atoms with van der Waals surface area (Å²) in [6.45, 7) is 0.591. The van der Waals surface area contributed by atoms with Crippen LogP contribution in [0.15, 0.2) is 35.8 Å². The zero-order valence-corrected chi connectivity index (χ0v) is 9.86. The summed E-state index contributed by atoms with van der Waals surface area (Å²) in [6.07, 6.45) is 3.17. The highest BCUT2D eigenvalue weighted by atomic mass is 19.1. The number of azide groups is 1. The molecule has 0 aliphatic rings. The number of imidazole rings is 1. The van der Waals surface area contributed by atoms with Crippen LogP contribution in [0.5, 0.6) is 0 Å². The summed E-state index contributed by atoms with van der Waals surface area (Å²) < 4.78 is 15.2. The summed E-state index contributed by atoms with van der Waals surface area (Å²) in [7, 11) is 0. The van der Waals surface area contributed by atoms with E-state index in [1.165, 1.54) is 12.1 Å². The van der Waals surface area contributed by atoms with E-state index in [-0.39, 0.29) is 12.1 Å². The van der Waals surface area contributed by atoms with Crippen molar-refractivity contribution in [3.8, 4) is 6.07 Å². The highest BCUT2D eigenvalue weighted by Crippen LogP contribution is 2.12. The van der Waals surface area contributed by atoms with Crippen molar-refractivity contribution in [2.24, 2.45) is 5.11 Å². The minimum absolute atomic E-state index is 0.0173. The molecule has 0 bridgehead atoms. The maximum Gasteiger partial charge on any atom is 0.141 e. The molecule has 0 saturated carbocycles. The lowest BCUT2D eigenvalue weighted by molar-refractivity contribution is 0.618. The average molecular weight is 256 g/mol. The molecule has 0 unspecified atom stereocenters. The molecule has 7 heteroatoms. The van der Waals surface area contributed by atoms with Crippen molar-refractivity contribution in [1.82, 2.24) is 9.55 Å². The van der Waals surface area contributed by atoms with Crippen LogP contribution in [0.3, 0.4) is 0 Å². The number of hydrogen-bond donors (Lipinski definition) is 0. The first-order valence-corrected chi connectivity index (χ1v) is 5.43. The predicted octanol–water partition coefficient (Wildman–Crippen LogP) is 2.75. The van der Waals surface area contributed by atoms with Crippen molar-refractivity contribution in [3.63, 3.8) is 0 Å². The largest absolute Gasteiger partial charge is 0.330 e. The van der Waals surface area contributed by atoms with Gasteiger partial charge in [0, 0.05) is 23.3 Å². The second kappa shape index (κ2) is 5.67. The topological polar surface area (TPSA) is 90.4 Å². The molecule has 6 nitrogen and oxygen atoms in total. The van der Waals surface area contributed by atoms with Crippen molar-refractivity contribution in [2.45, 2.75) is 13.1 Å². The van der Waals surface area contributed by atoms with Crippen molar-refractivity contribution < 1.29 is 4.39 Å². The minimum atomic E-state index is -0.545. The van der Waals surface area contributed by atoms with E-state index in [0.29, 0.717) is 12.1 Å². The van der Waals surface area contributed by atoms with Gasteiger partial charge in [0.05, 0.1) is 18.4 Å². The lowest BCUT2D eigenvalue weighted by Crippen LogP contribution is -2.03. The summed E-state index contributed by atoms with van der Waals surface area (Å²) >= 11 is 0.